The molecule has 1 aromatic rings. The molecule has 0 aliphatic carbocycles. The topological polar surface area (TPSA) is 32.3 Å². The van der Waals surface area contributed by atoms with E-state index >= 15 is 0 Å². The summed E-state index contributed by atoms with van der Waals surface area (Å²) in [5, 5.41) is 0. The molecule has 6 heteroatoms. The predicted molar refractivity (Wildman–Crippen MR) is 80.8 cm³/mol. The third-order valence-corrected chi connectivity index (χ3v) is 4.52. The second-order valence-electron chi connectivity index (χ2n) is 4.54. The van der Waals surface area contributed by atoms with E-state index in [4.69, 9.17) is 35.0 Å². The molecule has 106 valence electrons. The number of hydrogen-bond acceptors (Lipinski definition) is 2. The number of hydrogen-bond donors (Lipinski definition) is 1. The van der Waals surface area contributed by atoms with Gasteiger partial charge < -0.3 is 0 Å². The summed E-state index contributed by atoms with van der Waals surface area (Å²) in [5.41, 5.74) is 3.57. The molecule has 0 saturated heterocycles. The van der Waals surface area contributed by atoms with Crippen molar-refractivity contribution in [3.05, 3.63) is 35.4 Å². The number of carbonyl (C=O) groups excluding carboxylic acids is 1. The van der Waals surface area contributed by atoms with E-state index < -0.39 is 5.54 Å². The smallest absolute Gasteiger partial charge is 0.266 e. The fourth-order valence-electron chi connectivity index (χ4n) is 1.32. The normalized spacial score (nSPS) is 11.7. The van der Waals surface area contributed by atoms with Crippen LogP contribution < -0.4 is 5.43 Å². The van der Waals surface area contributed by atoms with Gasteiger partial charge in [0.05, 0.1) is 5.54 Å². The summed E-state index contributed by atoms with van der Waals surface area (Å²) in [6.07, 6.45) is 0.931. The van der Waals surface area contributed by atoms with Gasteiger partial charge in [0.2, 0.25) is 0 Å². The van der Waals surface area contributed by atoms with Crippen molar-refractivity contribution in [1.82, 2.24) is 9.95 Å². The van der Waals surface area contributed by atoms with Crippen molar-refractivity contribution in [2.24, 2.45) is 0 Å². The standard InChI is InChI=1S/C13H17Cl3N2O/c1-3-10-4-6-11(7-5-10)12(19)17-18(16)13(2,8-14)9-15/h4-7H,3,8-9H2,1-2H3,(H,17,19). The molecule has 0 fully saturated rings. The highest BCUT2D eigenvalue weighted by Gasteiger charge is 2.31. The fraction of sp³-hybridized carbons (Fsp3) is 0.462. The van der Waals surface area contributed by atoms with Crippen LogP contribution in [0.5, 0.6) is 0 Å². The first-order valence-electron chi connectivity index (χ1n) is 5.94. The number of benzene rings is 1. The summed E-state index contributed by atoms with van der Waals surface area (Å²) in [7, 11) is 0. The zero-order chi connectivity index (χ0) is 14.5. The Labute approximate surface area is 128 Å². The summed E-state index contributed by atoms with van der Waals surface area (Å²) in [6, 6.07) is 7.35. The van der Waals surface area contributed by atoms with Crippen LogP contribution in [0.4, 0.5) is 0 Å². The maximum Gasteiger partial charge on any atom is 0.266 e. The highest BCUT2D eigenvalue weighted by atomic mass is 35.5. The molecule has 0 atom stereocenters. The van der Waals surface area contributed by atoms with Crippen molar-refractivity contribution < 1.29 is 4.79 Å². The largest absolute Gasteiger partial charge is 0.270 e. The number of hydrazine groups is 1. The third kappa shape index (κ3) is 4.25. The predicted octanol–water partition coefficient (Wildman–Crippen LogP) is 3.59. The van der Waals surface area contributed by atoms with Crippen LogP contribution in [0.2, 0.25) is 0 Å². The number of rotatable bonds is 6. The molecular weight excluding hydrogens is 307 g/mol. The second kappa shape index (κ2) is 7.34. The summed E-state index contributed by atoms with van der Waals surface area (Å²) in [4.78, 5) is 12.0. The third-order valence-electron chi connectivity index (χ3n) is 2.87. The van der Waals surface area contributed by atoms with E-state index in [1.807, 2.05) is 12.1 Å². The molecule has 0 unspecified atom stereocenters. The van der Waals surface area contributed by atoms with Crippen molar-refractivity contribution >= 4 is 40.9 Å². The van der Waals surface area contributed by atoms with Gasteiger partial charge in [0.1, 0.15) is 0 Å². The van der Waals surface area contributed by atoms with Gasteiger partial charge in [-0.15, -0.1) is 27.7 Å². The van der Waals surface area contributed by atoms with Crippen LogP contribution in [0.1, 0.15) is 29.8 Å². The number of amides is 1. The number of nitrogens with one attached hydrogen (secondary N) is 1. The minimum absolute atomic E-state index is 0.203. The molecule has 19 heavy (non-hydrogen) atoms. The van der Waals surface area contributed by atoms with E-state index in [0.717, 1.165) is 10.9 Å². The molecule has 0 heterocycles. The lowest BCUT2D eigenvalue weighted by molar-refractivity contribution is 0.0812. The molecular formula is C13H17Cl3N2O. The fourth-order valence-corrected chi connectivity index (χ4v) is 2.16. The van der Waals surface area contributed by atoms with Gasteiger partial charge in [-0.3, -0.25) is 10.2 Å². The summed E-state index contributed by atoms with van der Waals surface area (Å²) < 4.78 is 1.14. The molecule has 1 aromatic carbocycles. The zero-order valence-corrected chi connectivity index (χ0v) is 13.2. The SMILES string of the molecule is CCc1ccc(C(=O)NN(Cl)C(C)(CCl)CCl)cc1. The average Bonchev–Trinajstić information content (AvgIpc) is 2.46. The Balaban J connectivity index is 2.73. The Bertz CT molecular complexity index is 418. The van der Waals surface area contributed by atoms with Gasteiger partial charge in [-0.2, -0.15) is 0 Å². The molecule has 0 aliphatic heterocycles. The van der Waals surface area contributed by atoms with E-state index in [9.17, 15) is 4.79 Å². The van der Waals surface area contributed by atoms with E-state index in [0.29, 0.717) is 5.56 Å². The van der Waals surface area contributed by atoms with Crippen LogP contribution in [0.15, 0.2) is 24.3 Å². The Kier molecular flexibility index (Phi) is 6.40. The van der Waals surface area contributed by atoms with Gasteiger partial charge in [-0.25, -0.2) is 0 Å². The van der Waals surface area contributed by atoms with Crippen LogP contribution in [0.25, 0.3) is 0 Å². The van der Waals surface area contributed by atoms with Gasteiger partial charge >= 0.3 is 0 Å². The molecule has 1 N–H and O–H groups in total. The van der Waals surface area contributed by atoms with Gasteiger partial charge in [-0.1, -0.05) is 19.1 Å². The summed E-state index contributed by atoms with van der Waals surface area (Å²) in [5.74, 6) is 0.114. The number of nitrogens with zero attached hydrogens (tertiary/aromatic N) is 1. The molecule has 0 aromatic heterocycles. The van der Waals surface area contributed by atoms with E-state index in [1.165, 1.54) is 5.56 Å². The Morgan fingerprint density at radius 2 is 1.79 bits per heavy atom. The van der Waals surface area contributed by atoms with Crippen molar-refractivity contribution in [1.29, 1.82) is 0 Å². The summed E-state index contributed by atoms with van der Waals surface area (Å²) in [6.45, 7) is 3.82. The molecule has 0 radical (unpaired) electrons. The van der Waals surface area contributed by atoms with Crippen molar-refractivity contribution in [3.8, 4) is 0 Å². The van der Waals surface area contributed by atoms with Gasteiger partial charge in [0.15, 0.2) is 0 Å². The minimum atomic E-state index is -0.705. The molecule has 3 nitrogen and oxygen atoms in total. The minimum Gasteiger partial charge on any atom is -0.270 e. The van der Waals surface area contributed by atoms with E-state index in [2.05, 4.69) is 12.3 Å². The molecule has 0 saturated carbocycles. The monoisotopic (exact) mass is 322 g/mol. The van der Waals surface area contributed by atoms with Crippen LogP contribution in [-0.2, 0) is 6.42 Å². The first-order chi connectivity index (χ1) is 8.96. The van der Waals surface area contributed by atoms with Crippen LogP contribution >= 0.6 is 35.0 Å². The summed E-state index contributed by atoms with van der Waals surface area (Å²) >= 11 is 17.6. The lowest BCUT2D eigenvalue weighted by Crippen LogP contribution is -2.52. The van der Waals surface area contributed by atoms with Gasteiger partial charge in [0, 0.05) is 29.1 Å². The second-order valence-corrected chi connectivity index (χ2v) is 5.41. The Hall–Kier alpha value is -0.480. The van der Waals surface area contributed by atoms with Gasteiger partial charge in [0.25, 0.3) is 5.91 Å². The Morgan fingerprint density at radius 1 is 1.26 bits per heavy atom. The average molecular weight is 324 g/mol. The zero-order valence-electron chi connectivity index (χ0n) is 10.9. The number of aryl methyl sites for hydroxylation is 1. The van der Waals surface area contributed by atoms with Crippen LogP contribution in [0, 0.1) is 0 Å². The van der Waals surface area contributed by atoms with Crippen molar-refractivity contribution in [2.75, 3.05) is 11.8 Å². The van der Waals surface area contributed by atoms with Crippen LogP contribution in [-0.4, -0.2) is 27.7 Å². The van der Waals surface area contributed by atoms with E-state index in [-0.39, 0.29) is 17.7 Å². The maximum atomic E-state index is 12.0. The Morgan fingerprint density at radius 3 is 2.21 bits per heavy atom. The molecule has 0 aliphatic rings. The number of halogens is 3. The number of alkyl halides is 2. The first-order valence-corrected chi connectivity index (χ1v) is 7.35. The van der Waals surface area contributed by atoms with Crippen molar-refractivity contribution in [2.45, 2.75) is 25.8 Å². The van der Waals surface area contributed by atoms with Crippen molar-refractivity contribution in [3.63, 3.8) is 0 Å². The molecule has 1 amide bonds. The van der Waals surface area contributed by atoms with Crippen LogP contribution in [0.3, 0.4) is 0 Å². The highest BCUT2D eigenvalue weighted by Crippen LogP contribution is 2.19. The lowest BCUT2D eigenvalue weighted by Gasteiger charge is -2.32. The van der Waals surface area contributed by atoms with Gasteiger partial charge in [-0.05, 0) is 31.0 Å². The molecule has 1 rings (SSSR count). The lowest BCUT2D eigenvalue weighted by atomic mass is 10.1. The maximum absolute atomic E-state index is 12.0. The quantitative estimate of drug-likeness (QED) is 0.493. The number of carbonyl (C=O) groups is 1. The highest BCUT2D eigenvalue weighted by molar-refractivity contribution is 6.23. The van der Waals surface area contributed by atoms with E-state index in [1.54, 1.807) is 19.1 Å². The molecule has 0 bridgehead atoms. The molecule has 0 spiro atoms. The first kappa shape index (κ1) is 16.6.